The average molecular weight is 295 g/mol. The van der Waals surface area contributed by atoms with E-state index in [4.69, 9.17) is 16.3 Å². The molecule has 1 unspecified atom stereocenters. The Labute approximate surface area is 124 Å². The van der Waals surface area contributed by atoms with Gasteiger partial charge in [-0.2, -0.15) is 0 Å². The lowest BCUT2D eigenvalue weighted by Crippen LogP contribution is -1.97. The quantitative estimate of drug-likeness (QED) is 0.663. The van der Waals surface area contributed by atoms with Crippen LogP contribution in [0.4, 0.5) is 0 Å². The summed E-state index contributed by atoms with van der Waals surface area (Å²) in [5, 5.41) is -0.102. The van der Waals surface area contributed by atoms with Gasteiger partial charge in [-0.15, -0.1) is 22.9 Å². The van der Waals surface area contributed by atoms with E-state index in [1.807, 2.05) is 18.2 Å². The molecule has 0 radical (unpaired) electrons. The molecule has 3 heteroatoms. The molecule has 19 heavy (non-hydrogen) atoms. The molecule has 0 bridgehead atoms. The summed E-state index contributed by atoms with van der Waals surface area (Å²) in [4.78, 5) is 2.59. The van der Waals surface area contributed by atoms with Crippen LogP contribution in [-0.2, 0) is 0 Å². The normalized spacial score (nSPS) is 12.4. The van der Waals surface area contributed by atoms with Crippen molar-refractivity contribution in [3.05, 3.63) is 51.2 Å². The molecular formula is C16H19ClOS. The second-order valence-electron chi connectivity index (χ2n) is 4.65. The van der Waals surface area contributed by atoms with Crippen molar-refractivity contribution in [2.45, 2.75) is 32.6 Å². The van der Waals surface area contributed by atoms with Gasteiger partial charge < -0.3 is 4.74 Å². The number of thiophene rings is 1. The number of halogens is 1. The van der Waals surface area contributed by atoms with E-state index in [2.05, 4.69) is 32.9 Å². The summed E-state index contributed by atoms with van der Waals surface area (Å²) in [6.07, 6.45) is 1.01. The highest BCUT2D eigenvalue weighted by Gasteiger charge is 2.15. The number of ether oxygens (including phenoxy) is 1. The fourth-order valence-corrected chi connectivity index (χ4v) is 3.45. The predicted octanol–water partition coefficient (Wildman–Crippen LogP) is 5.48. The molecule has 1 heterocycles. The van der Waals surface area contributed by atoms with Crippen LogP contribution in [0.2, 0.25) is 0 Å². The zero-order valence-corrected chi connectivity index (χ0v) is 13.1. The lowest BCUT2D eigenvalue weighted by atomic mass is 10.0. The lowest BCUT2D eigenvalue weighted by Gasteiger charge is -2.12. The first kappa shape index (κ1) is 14.4. The Bertz CT molecular complexity index is 547. The number of hydrogen-bond donors (Lipinski definition) is 0. The van der Waals surface area contributed by atoms with Gasteiger partial charge in [0.05, 0.1) is 12.0 Å². The molecule has 102 valence electrons. The SMILES string of the molecule is CCCOc1cccc(C(Cl)c2cc(C)sc2C)c1. The summed E-state index contributed by atoms with van der Waals surface area (Å²) >= 11 is 8.40. The van der Waals surface area contributed by atoms with Gasteiger partial charge in [-0.25, -0.2) is 0 Å². The molecule has 1 aromatic carbocycles. The summed E-state index contributed by atoms with van der Waals surface area (Å²) in [6, 6.07) is 10.3. The number of aryl methyl sites for hydroxylation is 2. The summed E-state index contributed by atoms with van der Waals surface area (Å²) in [6.45, 7) is 7.09. The van der Waals surface area contributed by atoms with E-state index in [1.165, 1.54) is 15.3 Å². The standard InChI is InChI=1S/C16H19ClOS/c1-4-8-18-14-7-5-6-13(10-14)16(17)15-9-11(2)19-12(15)3/h5-7,9-10,16H,4,8H2,1-3H3. The maximum absolute atomic E-state index is 6.61. The topological polar surface area (TPSA) is 9.23 Å². The molecule has 0 N–H and O–H groups in total. The maximum Gasteiger partial charge on any atom is 0.119 e. The van der Waals surface area contributed by atoms with E-state index in [0.29, 0.717) is 0 Å². The van der Waals surface area contributed by atoms with Crippen molar-refractivity contribution >= 4 is 22.9 Å². The zero-order valence-electron chi connectivity index (χ0n) is 11.6. The van der Waals surface area contributed by atoms with Gasteiger partial charge in [-0.3, -0.25) is 0 Å². The number of alkyl halides is 1. The molecule has 0 amide bonds. The van der Waals surface area contributed by atoms with E-state index < -0.39 is 0 Å². The molecule has 0 saturated carbocycles. The first-order chi connectivity index (χ1) is 9.11. The molecule has 0 aliphatic rings. The van der Waals surface area contributed by atoms with Crippen LogP contribution in [0.25, 0.3) is 0 Å². The molecule has 1 aromatic heterocycles. The van der Waals surface area contributed by atoms with Gasteiger partial charge >= 0.3 is 0 Å². The minimum absolute atomic E-state index is 0.102. The van der Waals surface area contributed by atoms with Gasteiger partial charge in [-0.1, -0.05) is 19.1 Å². The van der Waals surface area contributed by atoms with Crippen molar-refractivity contribution in [3.63, 3.8) is 0 Å². The molecular weight excluding hydrogens is 276 g/mol. The predicted molar refractivity (Wildman–Crippen MR) is 83.7 cm³/mol. The minimum atomic E-state index is -0.102. The average Bonchev–Trinajstić information content (AvgIpc) is 2.75. The molecule has 0 aliphatic heterocycles. The van der Waals surface area contributed by atoms with Crippen LogP contribution in [-0.4, -0.2) is 6.61 Å². The molecule has 0 spiro atoms. The molecule has 1 nitrogen and oxygen atoms in total. The van der Waals surface area contributed by atoms with Crippen molar-refractivity contribution in [3.8, 4) is 5.75 Å². The minimum Gasteiger partial charge on any atom is -0.494 e. The van der Waals surface area contributed by atoms with Gasteiger partial charge in [0.25, 0.3) is 0 Å². The Hall–Kier alpha value is -0.990. The Kier molecular flexibility index (Phi) is 4.89. The Morgan fingerprint density at radius 3 is 2.68 bits per heavy atom. The van der Waals surface area contributed by atoms with Crippen molar-refractivity contribution in [2.75, 3.05) is 6.61 Å². The Balaban J connectivity index is 2.23. The number of rotatable bonds is 5. The molecule has 0 aliphatic carbocycles. The highest BCUT2D eigenvalue weighted by molar-refractivity contribution is 7.12. The highest BCUT2D eigenvalue weighted by Crippen LogP contribution is 2.36. The van der Waals surface area contributed by atoms with Gasteiger partial charge in [0.15, 0.2) is 0 Å². The van der Waals surface area contributed by atoms with E-state index in [1.54, 1.807) is 11.3 Å². The Morgan fingerprint density at radius 1 is 1.26 bits per heavy atom. The fraction of sp³-hybridized carbons (Fsp3) is 0.375. The van der Waals surface area contributed by atoms with Crippen molar-refractivity contribution in [1.29, 1.82) is 0 Å². The third kappa shape index (κ3) is 3.52. The van der Waals surface area contributed by atoms with Crippen molar-refractivity contribution < 1.29 is 4.74 Å². The van der Waals surface area contributed by atoms with Crippen LogP contribution < -0.4 is 4.74 Å². The molecule has 2 aromatic rings. The summed E-state index contributed by atoms with van der Waals surface area (Å²) < 4.78 is 5.66. The van der Waals surface area contributed by atoms with Crippen LogP contribution in [0, 0.1) is 13.8 Å². The Morgan fingerprint density at radius 2 is 2.05 bits per heavy atom. The van der Waals surface area contributed by atoms with E-state index >= 15 is 0 Å². The summed E-state index contributed by atoms with van der Waals surface area (Å²) in [5.74, 6) is 0.898. The first-order valence-corrected chi connectivity index (χ1v) is 7.81. The van der Waals surface area contributed by atoms with E-state index in [0.717, 1.165) is 24.3 Å². The van der Waals surface area contributed by atoms with Gasteiger partial charge in [0.1, 0.15) is 5.75 Å². The number of hydrogen-bond acceptors (Lipinski definition) is 2. The van der Waals surface area contributed by atoms with Gasteiger partial charge in [0.2, 0.25) is 0 Å². The number of benzene rings is 1. The lowest BCUT2D eigenvalue weighted by molar-refractivity contribution is 0.317. The largest absolute Gasteiger partial charge is 0.494 e. The van der Waals surface area contributed by atoms with Crippen LogP contribution in [0.15, 0.2) is 30.3 Å². The van der Waals surface area contributed by atoms with Crippen LogP contribution in [0.3, 0.4) is 0 Å². The molecule has 1 atom stereocenters. The maximum atomic E-state index is 6.61. The summed E-state index contributed by atoms with van der Waals surface area (Å²) in [5.41, 5.74) is 2.30. The van der Waals surface area contributed by atoms with Crippen LogP contribution >= 0.6 is 22.9 Å². The van der Waals surface area contributed by atoms with Crippen LogP contribution in [0.1, 0.15) is 39.6 Å². The molecule has 2 rings (SSSR count). The van der Waals surface area contributed by atoms with Gasteiger partial charge in [0, 0.05) is 9.75 Å². The van der Waals surface area contributed by atoms with Crippen molar-refractivity contribution in [1.82, 2.24) is 0 Å². The molecule has 0 saturated heterocycles. The van der Waals surface area contributed by atoms with Crippen LogP contribution in [0.5, 0.6) is 5.75 Å². The first-order valence-electron chi connectivity index (χ1n) is 6.55. The monoisotopic (exact) mass is 294 g/mol. The van der Waals surface area contributed by atoms with E-state index in [9.17, 15) is 0 Å². The smallest absolute Gasteiger partial charge is 0.119 e. The van der Waals surface area contributed by atoms with E-state index in [-0.39, 0.29) is 5.38 Å². The third-order valence-corrected chi connectivity index (χ3v) is 4.44. The van der Waals surface area contributed by atoms with Gasteiger partial charge in [-0.05, 0) is 49.6 Å². The zero-order chi connectivity index (χ0) is 13.8. The molecule has 0 fully saturated rings. The highest BCUT2D eigenvalue weighted by atomic mass is 35.5. The second-order valence-corrected chi connectivity index (χ2v) is 6.55. The fourth-order valence-electron chi connectivity index (χ4n) is 2.06. The summed E-state index contributed by atoms with van der Waals surface area (Å²) in [7, 11) is 0. The van der Waals surface area contributed by atoms with Crippen molar-refractivity contribution in [2.24, 2.45) is 0 Å². The second kappa shape index (κ2) is 6.44. The third-order valence-electron chi connectivity index (χ3n) is 2.98.